The van der Waals surface area contributed by atoms with Crippen LogP contribution in [-0.4, -0.2) is 38.8 Å². The van der Waals surface area contributed by atoms with Crippen molar-refractivity contribution in [2.45, 2.75) is 142 Å². The highest BCUT2D eigenvalue weighted by molar-refractivity contribution is 5.38. The van der Waals surface area contributed by atoms with E-state index in [2.05, 4.69) is 25.7 Å². The summed E-state index contributed by atoms with van der Waals surface area (Å²) >= 11 is 0. The summed E-state index contributed by atoms with van der Waals surface area (Å²) in [6, 6.07) is 0. The highest BCUT2D eigenvalue weighted by Gasteiger charge is 2.51. The van der Waals surface area contributed by atoms with Gasteiger partial charge >= 0.3 is 0 Å². The lowest BCUT2D eigenvalue weighted by molar-refractivity contribution is 0.0480. The van der Waals surface area contributed by atoms with Gasteiger partial charge in [-0.25, -0.2) is 4.39 Å². The minimum absolute atomic E-state index is 0.164. The van der Waals surface area contributed by atoms with E-state index < -0.39 is 23.5 Å². The van der Waals surface area contributed by atoms with Gasteiger partial charge in [0.05, 0.1) is 17.3 Å². The monoisotopic (exact) mass is 504 g/mol. The lowest BCUT2D eigenvalue weighted by Gasteiger charge is -2.45. The van der Waals surface area contributed by atoms with Crippen molar-refractivity contribution < 1.29 is 19.7 Å². The first-order valence-electron chi connectivity index (χ1n) is 14.6. The third kappa shape index (κ3) is 7.77. The van der Waals surface area contributed by atoms with E-state index in [9.17, 15) is 19.7 Å². The molecule has 3 nitrogen and oxygen atoms in total. The van der Waals surface area contributed by atoms with Gasteiger partial charge in [-0.05, 0) is 113 Å². The summed E-state index contributed by atoms with van der Waals surface area (Å²) < 4.78 is 14.3. The molecule has 0 bridgehead atoms. The van der Waals surface area contributed by atoms with Crippen molar-refractivity contribution in [1.29, 1.82) is 0 Å². The molecular formula is C32H53FO3. The second-order valence-electron chi connectivity index (χ2n) is 13.8. The fourth-order valence-corrected chi connectivity index (χ4v) is 7.63. The molecule has 3 aliphatic rings. The molecule has 206 valence electrons. The molecule has 3 rings (SSSR count). The molecule has 3 saturated carbocycles. The SMILES string of the molecule is C=C1/C(=C\C=C2/CCC[C@]3(C)[C@@H](C(CCCC(C)(C)O)CCCC(C)(C)O)CC[C@@H]23)C[C@@H](O)C[C@@H]1F. The fraction of sp³-hybridized carbons (Fsp3) is 0.812. The maximum absolute atomic E-state index is 14.3. The van der Waals surface area contributed by atoms with Crippen LogP contribution in [0.2, 0.25) is 0 Å². The van der Waals surface area contributed by atoms with Gasteiger partial charge in [0.15, 0.2) is 0 Å². The van der Waals surface area contributed by atoms with Gasteiger partial charge in [-0.15, -0.1) is 0 Å². The molecule has 5 atom stereocenters. The van der Waals surface area contributed by atoms with Crippen molar-refractivity contribution in [3.63, 3.8) is 0 Å². The van der Waals surface area contributed by atoms with Crippen LogP contribution in [0, 0.1) is 23.2 Å². The molecule has 0 aromatic carbocycles. The topological polar surface area (TPSA) is 60.7 Å². The molecule has 36 heavy (non-hydrogen) atoms. The molecule has 0 unspecified atom stereocenters. The lowest BCUT2D eigenvalue weighted by Crippen LogP contribution is -2.37. The number of aliphatic hydroxyl groups is 3. The zero-order chi connectivity index (χ0) is 26.7. The Kier molecular flexibility index (Phi) is 9.72. The first-order chi connectivity index (χ1) is 16.7. The number of fused-ring (bicyclic) bond motifs is 1. The molecular weight excluding hydrogens is 451 g/mol. The number of halogens is 1. The molecule has 3 aliphatic carbocycles. The van der Waals surface area contributed by atoms with E-state index in [4.69, 9.17) is 0 Å². The highest BCUT2D eigenvalue weighted by Crippen LogP contribution is 2.60. The predicted molar refractivity (Wildman–Crippen MR) is 147 cm³/mol. The summed E-state index contributed by atoms with van der Waals surface area (Å²) in [6.45, 7) is 14.1. The smallest absolute Gasteiger partial charge is 0.127 e. The van der Waals surface area contributed by atoms with Crippen molar-refractivity contribution in [2.75, 3.05) is 0 Å². The summed E-state index contributed by atoms with van der Waals surface area (Å²) in [6.07, 6.45) is 15.2. The number of alkyl halides is 1. The summed E-state index contributed by atoms with van der Waals surface area (Å²) in [7, 11) is 0. The Morgan fingerprint density at radius 1 is 1.06 bits per heavy atom. The maximum atomic E-state index is 14.3. The molecule has 0 saturated heterocycles. The first kappa shape index (κ1) is 29.6. The van der Waals surface area contributed by atoms with Crippen molar-refractivity contribution in [1.82, 2.24) is 0 Å². The van der Waals surface area contributed by atoms with E-state index in [1.165, 1.54) is 31.3 Å². The molecule has 0 radical (unpaired) electrons. The number of aliphatic hydroxyl groups excluding tert-OH is 1. The lowest BCUT2D eigenvalue weighted by atomic mass is 9.60. The van der Waals surface area contributed by atoms with Crippen LogP contribution in [0.15, 0.2) is 35.5 Å². The number of hydrogen-bond acceptors (Lipinski definition) is 3. The largest absolute Gasteiger partial charge is 0.393 e. The van der Waals surface area contributed by atoms with Gasteiger partial charge in [-0.2, -0.15) is 0 Å². The second kappa shape index (κ2) is 11.8. The second-order valence-corrected chi connectivity index (χ2v) is 13.8. The van der Waals surface area contributed by atoms with E-state index in [-0.39, 0.29) is 11.8 Å². The molecule has 4 heteroatoms. The summed E-state index contributed by atoms with van der Waals surface area (Å²) in [5.74, 6) is 1.83. The molecule has 0 aromatic rings. The van der Waals surface area contributed by atoms with Gasteiger partial charge in [0, 0.05) is 6.42 Å². The zero-order valence-corrected chi connectivity index (χ0v) is 23.7. The van der Waals surface area contributed by atoms with E-state index in [0.717, 1.165) is 50.5 Å². The van der Waals surface area contributed by atoms with Gasteiger partial charge in [0.2, 0.25) is 0 Å². The van der Waals surface area contributed by atoms with Crippen molar-refractivity contribution in [3.05, 3.63) is 35.5 Å². The average molecular weight is 505 g/mol. The Balaban J connectivity index is 1.77. The van der Waals surface area contributed by atoms with E-state index in [0.29, 0.717) is 29.7 Å². The minimum atomic E-state index is -1.14. The predicted octanol–water partition coefficient (Wildman–Crippen LogP) is 7.60. The van der Waals surface area contributed by atoms with E-state index in [1.807, 2.05) is 27.7 Å². The molecule has 0 spiro atoms. The van der Waals surface area contributed by atoms with Crippen LogP contribution >= 0.6 is 0 Å². The number of rotatable bonds is 10. The fourth-order valence-electron chi connectivity index (χ4n) is 7.63. The standard InChI is InChI=1S/C32H53FO3/c1-22-25(20-26(34)21-29(22)33)14-13-24-12-9-19-32(6)27(15-16-28(24)32)23(10-7-17-30(2,3)35)11-8-18-31(4,5)36/h13-14,23,26-29,34-36H,1,7-12,15-21H2,2-6H3/b24-13+,25-14-/t26-,27-,28+,29+,32-/m1/s1. The van der Waals surface area contributed by atoms with Crippen LogP contribution < -0.4 is 0 Å². The molecule has 0 amide bonds. The third-order valence-electron chi connectivity index (χ3n) is 9.56. The normalized spacial score (nSPS) is 34.1. The van der Waals surface area contributed by atoms with Gasteiger partial charge in [0.1, 0.15) is 6.17 Å². The first-order valence-corrected chi connectivity index (χ1v) is 14.6. The molecule has 0 aromatic heterocycles. The van der Waals surface area contributed by atoms with E-state index >= 15 is 0 Å². The summed E-state index contributed by atoms with van der Waals surface area (Å²) in [5, 5.41) is 30.6. The summed E-state index contributed by atoms with van der Waals surface area (Å²) in [5.41, 5.74) is 1.92. The van der Waals surface area contributed by atoms with Crippen molar-refractivity contribution >= 4 is 0 Å². The summed E-state index contributed by atoms with van der Waals surface area (Å²) in [4.78, 5) is 0. The zero-order valence-electron chi connectivity index (χ0n) is 23.7. The molecule has 3 fully saturated rings. The Morgan fingerprint density at radius 2 is 1.67 bits per heavy atom. The van der Waals surface area contributed by atoms with Crippen LogP contribution in [0.5, 0.6) is 0 Å². The van der Waals surface area contributed by atoms with Crippen molar-refractivity contribution in [3.8, 4) is 0 Å². The van der Waals surface area contributed by atoms with Crippen LogP contribution in [0.1, 0.15) is 118 Å². The maximum Gasteiger partial charge on any atom is 0.127 e. The van der Waals surface area contributed by atoms with Gasteiger partial charge in [0.25, 0.3) is 0 Å². The number of hydrogen-bond donors (Lipinski definition) is 3. The molecule has 0 heterocycles. The van der Waals surface area contributed by atoms with Crippen LogP contribution in [0.25, 0.3) is 0 Å². The van der Waals surface area contributed by atoms with Gasteiger partial charge in [-0.3, -0.25) is 0 Å². The van der Waals surface area contributed by atoms with Gasteiger partial charge < -0.3 is 15.3 Å². The Morgan fingerprint density at radius 3 is 2.25 bits per heavy atom. The highest BCUT2D eigenvalue weighted by atomic mass is 19.1. The Bertz CT molecular complexity index is 794. The van der Waals surface area contributed by atoms with Crippen LogP contribution in [0.3, 0.4) is 0 Å². The Hall–Kier alpha value is -0.970. The van der Waals surface area contributed by atoms with Crippen LogP contribution in [-0.2, 0) is 0 Å². The average Bonchev–Trinajstić information content (AvgIpc) is 3.10. The Labute approximate surface area is 220 Å². The van der Waals surface area contributed by atoms with Crippen molar-refractivity contribution in [2.24, 2.45) is 23.2 Å². The third-order valence-corrected chi connectivity index (χ3v) is 9.56. The molecule has 3 N–H and O–H groups in total. The number of allylic oxidation sites excluding steroid dienone is 4. The quantitative estimate of drug-likeness (QED) is 0.287. The van der Waals surface area contributed by atoms with Crippen LogP contribution in [0.4, 0.5) is 4.39 Å². The van der Waals surface area contributed by atoms with Gasteiger partial charge in [-0.1, -0.05) is 56.9 Å². The molecule has 0 aliphatic heterocycles. The minimum Gasteiger partial charge on any atom is -0.393 e. The van der Waals surface area contributed by atoms with E-state index in [1.54, 1.807) is 0 Å².